The molecule has 0 saturated heterocycles. The molecule has 0 aliphatic heterocycles. The van der Waals surface area contributed by atoms with Crippen LogP contribution in [0.15, 0.2) is 12.1 Å². The number of pyridine rings is 1. The smallest absolute Gasteiger partial charge is 0.389 e. The molecule has 0 atom stereocenters. The zero-order valence-electron chi connectivity index (χ0n) is 10.8. The minimum absolute atomic E-state index is 0.0275. The minimum atomic E-state index is -4.57. The zero-order valence-corrected chi connectivity index (χ0v) is 10.8. The first kappa shape index (κ1) is 15.2. The van der Waals surface area contributed by atoms with E-state index in [0.717, 1.165) is 12.1 Å². The van der Waals surface area contributed by atoms with Gasteiger partial charge in [-0.15, -0.1) is 0 Å². The van der Waals surface area contributed by atoms with Gasteiger partial charge in [-0.3, -0.25) is 0 Å². The van der Waals surface area contributed by atoms with Crippen LogP contribution in [0.2, 0.25) is 0 Å². The Balaban J connectivity index is 3.21. The first-order valence-corrected chi connectivity index (χ1v) is 5.46. The second-order valence-corrected chi connectivity index (χ2v) is 4.85. The maximum absolute atomic E-state index is 12.6. The van der Waals surface area contributed by atoms with Crippen LogP contribution in [0.1, 0.15) is 25.1 Å². The SMILES string of the molecule is CN(CC(C)(C)O)c1nc(C(F)(F)F)ccc1C#N. The van der Waals surface area contributed by atoms with Crippen molar-refractivity contribution in [2.75, 3.05) is 18.5 Å². The predicted molar refractivity (Wildman–Crippen MR) is 63.5 cm³/mol. The summed E-state index contributed by atoms with van der Waals surface area (Å²) in [6.07, 6.45) is -4.57. The van der Waals surface area contributed by atoms with Gasteiger partial charge in [-0.05, 0) is 26.0 Å². The van der Waals surface area contributed by atoms with Gasteiger partial charge in [-0.25, -0.2) is 4.98 Å². The Morgan fingerprint density at radius 2 is 1.95 bits per heavy atom. The van der Waals surface area contributed by atoms with Crippen LogP contribution in [0.4, 0.5) is 19.0 Å². The van der Waals surface area contributed by atoms with Crippen molar-refractivity contribution in [2.24, 2.45) is 0 Å². The molecule has 0 bridgehead atoms. The molecule has 0 aliphatic carbocycles. The molecule has 104 valence electrons. The van der Waals surface area contributed by atoms with Crippen molar-refractivity contribution in [3.63, 3.8) is 0 Å². The third kappa shape index (κ3) is 4.10. The van der Waals surface area contributed by atoms with Gasteiger partial charge < -0.3 is 10.0 Å². The van der Waals surface area contributed by atoms with Crippen LogP contribution in [-0.2, 0) is 6.18 Å². The molecule has 0 aliphatic rings. The molecule has 1 N–H and O–H groups in total. The van der Waals surface area contributed by atoms with E-state index < -0.39 is 17.5 Å². The van der Waals surface area contributed by atoms with E-state index in [0.29, 0.717) is 0 Å². The lowest BCUT2D eigenvalue weighted by atomic mass is 10.1. The number of hydrogen-bond acceptors (Lipinski definition) is 4. The topological polar surface area (TPSA) is 60.1 Å². The molecule has 19 heavy (non-hydrogen) atoms. The van der Waals surface area contributed by atoms with Crippen molar-refractivity contribution in [3.05, 3.63) is 23.4 Å². The largest absolute Gasteiger partial charge is 0.433 e. The highest BCUT2D eigenvalue weighted by molar-refractivity contribution is 5.54. The number of halogens is 3. The van der Waals surface area contributed by atoms with Gasteiger partial charge in [0.25, 0.3) is 0 Å². The summed E-state index contributed by atoms with van der Waals surface area (Å²) in [4.78, 5) is 4.79. The number of rotatable bonds is 3. The van der Waals surface area contributed by atoms with Crippen LogP contribution in [0.25, 0.3) is 0 Å². The van der Waals surface area contributed by atoms with Crippen molar-refractivity contribution >= 4 is 5.82 Å². The van der Waals surface area contributed by atoms with Crippen molar-refractivity contribution in [1.29, 1.82) is 5.26 Å². The number of likely N-dealkylation sites (N-methyl/N-ethyl adjacent to an activating group) is 1. The van der Waals surface area contributed by atoms with Gasteiger partial charge in [0, 0.05) is 13.6 Å². The van der Waals surface area contributed by atoms with E-state index >= 15 is 0 Å². The Labute approximate surface area is 109 Å². The highest BCUT2D eigenvalue weighted by Gasteiger charge is 2.33. The summed E-state index contributed by atoms with van der Waals surface area (Å²) in [5, 5.41) is 18.6. The first-order valence-electron chi connectivity index (χ1n) is 5.46. The second-order valence-electron chi connectivity index (χ2n) is 4.85. The van der Waals surface area contributed by atoms with Gasteiger partial charge >= 0.3 is 6.18 Å². The maximum atomic E-state index is 12.6. The highest BCUT2D eigenvalue weighted by Crippen LogP contribution is 2.30. The standard InChI is InChI=1S/C12H14F3N3O/c1-11(2,19)7-18(3)10-8(6-16)4-5-9(17-10)12(13,14)15/h4-5,19H,7H2,1-3H3. The van der Waals surface area contributed by atoms with Crippen LogP contribution in [-0.4, -0.2) is 29.3 Å². The average molecular weight is 273 g/mol. The molecule has 1 aromatic rings. The first-order chi connectivity index (χ1) is 8.54. The van der Waals surface area contributed by atoms with E-state index in [4.69, 9.17) is 5.26 Å². The predicted octanol–water partition coefficient (Wildman–Crippen LogP) is 2.18. The molecule has 0 unspecified atom stereocenters. The summed E-state index contributed by atoms with van der Waals surface area (Å²) in [5.74, 6) is -0.0977. The van der Waals surface area contributed by atoms with E-state index in [-0.39, 0.29) is 17.9 Å². The lowest BCUT2D eigenvalue weighted by Crippen LogP contribution is -2.37. The molecule has 0 fully saturated rings. The Bertz CT molecular complexity index is 500. The van der Waals surface area contributed by atoms with E-state index in [9.17, 15) is 18.3 Å². The van der Waals surface area contributed by atoms with Gasteiger partial charge in [0.2, 0.25) is 0 Å². The van der Waals surface area contributed by atoms with Gasteiger partial charge in [0.1, 0.15) is 17.6 Å². The monoisotopic (exact) mass is 273 g/mol. The zero-order chi connectivity index (χ0) is 14.8. The van der Waals surface area contributed by atoms with E-state index in [1.54, 1.807) is 6.07 Å². The van der Waals surface area contributed by atoms with E-state index in [2.05, 4.69) is 4.98 Å². The van der Waals surface area contributed by atoms with Crippen LogP contribution in [0.3, 0.4) is 0 Å². The molecule has 1 rings (SSSR count). The lowest BCUT2D eigenvalue weighted by molar-refractivity contribution is -0.141. The molecular formula is C12H14F3N3O. The Morgan fingerprint density at radius 3 is 2.37 bits per heavy atom. The third-order valence-electron chi connectivity index (χ3n) is 2.27. The Kier molecular flexibility index (Phi) is 4.06. The Morgan fingerprint density at radius 1 is 1.37 bits per heavy atom. The van der Waals surface area contributed by atoms with Crippen molar-refractivity contribution < 1.29 is 18.3 Å². The number of aliphatic hydroxyl groups is 1. The molecule has 1 heterocycles. The molecule has 7 heteroatoms. The highest BCUT2D eigenvalue weighted by atomic mass is 19.4. The number of nitrogens with zero attached hydrogens (tertiary/aromatic N) is 3. The van der Waals surface area contributed by atoms with Gasteiger partial charge in [0.05, 0.1) is 11.2 Å². The van der Waals surface area contributed by atoms with Crippen molar-refractivity contribution in [1.82, 2.24) is 4.98 Å². The van der Waals surface area contributed by atoms with Crippen molar-refractivity contribution in [3.8, 4) is 6.07 Å². The number of anilines is 1. The maximum Gasteiger partial charge on any atom is 0.433 e. The molecule has 0 saturated carbocycles. The van der Waals surface area contributed by atoms with E-state index in [1.807, 2.05) is 0 Å². The number of aromatic nitrogens is 1. The molecule has 0 radical (unpaired) electrons. The van der Waals surface area contributed by atoms with Crippen molar-refractivity contribution in [2.45, 2.75) is 25.6 Å². The van der Waals surface area contributed by atoms with Gasteiger partial charge in [-0.1, -0.05) is 0 Å². The number of nitriles is 1. The number of hydrogen-bond donors (Lipinski definition) is 1. The summed E-state index contributed by atoms with van der Waals surface area (Å²) in [6.45, 7) is 3.09. The van der Waals surface area contributed by atoms with Crippen LogP contribution < -0.4 is 4.90 Å². The van der Waals surface area contributed by atoms with Crippen LogP contribution >= 0.6 is 0 Å². The van der Waals surface area contributed by atoms with Crippen LogP contribution in [0, 0.1) is 11.3 Å². The Hall–Kier alpha value is -1.81. The summed E-state index contributed by atoms with van der Waals surface area (Å²) in [6, 6.07) is 3.63. The summed E-state index contributed by atoms with van der Waals surface area (Å²) in [5.41, 5.74) is -2.15. The van der Waals surface area contributed by atoms with Gasteiger partial charge in [0.15, 0.2) is 0 Å². The number of alkyl halides is 3. The fourth-order valence-corrected chi connectivity index (χ4v) is 1.64. The molecule has 1 aromatic heterocycles. The normalized spacial score (nSPS) is 12.1. The van der Waals surface area contributed by atoms with Crippen LogP contribution in [0.5, 0.6) is 0 Å². The van der Waals surface area contributed by atoms with Gasteiger partial charge in [-0.2, -0.15) is 18.4 Å². The summed E-state index contributed by atoms with van der Waals surface area (Å²) < 4.78 is 37.8. The quantitative estimate of drug-likeness (QED) is 0.917. The fraction of sp³-hybridized carbons (Fsp3) is 0.500. The van der Waals surface area contributed by atoms with E-state index in [1.165, 1.54) is 25.8 Å². The second kappa shape index (κ2) is 5.05. The fourth-order valence-electron chi connectivity index (χ4n) is 1.64. The minimum Gasteiger partial charge on any atom is -0.389 e. The molecule has 0 spiro atoms. The average Bonchev–Trinajstić information content (AvgIpc) is 2.24. The lowest BCUT2D eigenvalue weighted by Gasteiger charge is -2.27. The summed E-state index contributed by atoms with van der Waals surface area (Å²) in [7, 11) is 1.47. The molecule has 0 aromatic carbocycles. The third-order valence-corrected chi connectivity index (χ3v) is 2.27. The molecule has 0 amide bonds. The molecular weight excluding hydrogens is 259 g/mol. The summed E-state index contributed by atoms with van der Waals surface area (Å²) >= 11 is 0. The molecule has 4 nitrogen and oxygen atoms in total.